The Morgan fingerprint density at radius 1 is 1.25 bits per heavy atom. The van der Waals surface area contributed by atoms with E-state index in [2.05, 4.69) is 23.3 Å². The molecule has 0 aromatic heterocycles. The monoisotopic (exact) mass is 216 g/mol. The van der Waals surface area contributed by atoms with Crippen molar-refractivity contribution < 1.29 is 5.11 Å². The summed E-state index contributed by atoms with van der Waals surface area (Å²) in [6.07, 6.45) is 6.22. The number of aliphatic hydroxyl groups is 1. The highest BCUT2D eigenvalue weighted by Gasteiger charge is 2.06. The minimum atomic E-state index is 0.0874. The van der Waals surface area contributed by atoms with E-state index in [-0.39, 0.29) is 6.61 Å². The maximum Gasteiger partial charge on any atom is 0.0681 e. The van der Waals surface area contributed by atoms with E-state index in [4.69, 9.17) is 10.8 Å². The predicted octanol–water partition coefficient (Wildman–Crippen LogP) is 1.40. The third-order valence-corrected chi connectivity index (χ3v) is 2.64. The minimum absolute atomic E-state index is 0.0874. The molecule has 1 aliphatic heterocycles. The van der Waals surface area contributed by atoms with Crippen LogP contribution < -0.4 is 10.6 Å². The van der Waals surface area contributed by atoms with Gasteiger partial charge in [-0.15, -0.1) is 0 Å². The van der Waals surface area contributed by atoms with Crippen molar-refractivity contribution in [3.8, 4) is 0 Å². The van der Waals surface area contributed by atoms with Gasteiger partial charge in [-0.05, 0) is 23.3 Å². The molecule has 3 N–H and O–H groups in total. The molecule has 1 aromatic rings. The molecule has 0 aliphatic carbocycles. The zero-order chi connectivity index (χ0) is 11.4. The first-order valence-corrected chi connectivity index (χ1v) is 5.37. The van der Waals surface area contributed by atoms with Gasteiger partial charge in [0.1, 0.15) is 0 Å². The van der Waals surface area contributed by atoms with Crippen LogP contribution in [0.1, 0.15) is 5.56 Å². The lowest BCUT2D eigenvalue weighted by Crippen LogP contribution is -2.21. The number of hydrogen-bond donors (Lipinski definition) is 2. The minimum Gasteiger partial charge on any atom is -0.392 e. The van der Waals surface area contributed by atoms with Gasteiger partial charge in [-0.2, -0.15) is 0 Å². The van der Waals surface area contributed by atoms with E-state index in [9.17, 15) is 0 Å². The first-order chi connectivity index (χ1) is 7.83. The Morgan fingerprint density at radius 2 is 2.00 bits per heavy atom. The smallest absolute Gasteiger partial charge is 0.0681 e. The van der Waals surface area contributed by atoms with E-state index in [1.165, 1.54) is 0 Å². The molecule has 0 atom stereocenters. The fourth-order valence-corrected chi connectivity index (χ4v) is 1.71. The number of nitrogens with zero attached hydrogens (tertiary/aromatic N) is 1. The Balaban J connectivity index is 2.18. The van der Waals surface area contributed by atoms with E-state index in [0.717, 1.165) is 23.4 Å². The van der Waals surface area contributed by atoms with Gasteiger partial charge in [-0.1, -0.05) is 24.3 Å². The first kappa shape index (κ1) is 10.9. The lowest BCUT2D eigenvalue weighted by Gasteiger charge is -2.23. The Hall–Kier alpha value is -1.58. The molecular weight excluding hydrogens is 200 g/mol. The first-order valence-electron chi connectivity index (χ1n) is 5.37. The van der Waals surface area contributed by atoms with Crippen molar-refractivity contribution >= 4 is 5.69 Å². The molecule has 0 saturated heterocycles. The van der Waals surface area contributed by atoms with Crippen molar-refractivity contribution in [3.05, 3.63) is 53.8 Å². The molecule has 0 amide bonds. The SMILES string of the molecule is NCC1=CN(c2ccc(CO)cc2)CC=C1. The van der Waals surface area contributed by atoms with Crippen LogP contribution in [-0.4, -0.2) is 18.2 Å². The summed E-state index contributed by atoms with van der Waals surface area (Å²) in [5.74, 6) is 0. The summed E-state index contributed by atoms with van der Waals surface area (Å²) in [7, 11) is 0. The van der Waals surface area contributed by atoms with E-state index < -0.39 is 0 Å². The summed E-state index contributed by atoms with van der Waals surface area (Å²) in [6.45, 7) is 1.51. The lowest BCUT2D eigenvalue weighted by molar-refractivity contribution is 0.282. The van der Waals surface area contributed by atoms with Crippen LogP contribution in [0.3, 0.4) is 0 Å². The number of benzene rings is 1. The summed E-state index contributed by atoms with van der Waals surface area (Å²) < 4.78 is 0. The molecule has 0 spiro atoms. The molecule has 3 heteroatoms. The molecule has 84 valence electrons. The number of anilines is 1. The van der Waals surface area contributed by atoms with Crippen LogP contribution >= 0.6 is 0 Å². The number of rotatable bonds is 3. The second-order valence-corrected chi connectivity index (χ2v) is 3.79. The molecule has 3 nitrogen and oxygen atoms in total. The summed E-state index contributed by atoms with van der Waals surface area (Å²) >= 11 is 0. The van der Waals surface area contributed by atoms with Crippen molar-refractivity contribution in [1.29, 1.82) is 0 Å². The largest absolute Gasteiger partial charge is 0.392 e. The molecule has 1 aliphatic rings. The molecule has 16 heavy (non-hydrogen) atoms. The summed E-state index contributed by atoms with van der Waals surface area (Å²) in [5.41, 5.74) is 8.78. The third-order valence-electron chi connectivity index (χ3n) is 2.64. The standard InChI is InChI=1S/C13H16N2O/c14-8-12-2-1-7-15(9-12)13-5-3-11(10-16)4-6-13/h1-6,9,16H,7-8,10,14H2. The Morgan fingerprint density at radius 3 is 2.62 bits per heavy atom. The Kier molecular flexibility index (Phi) is 3.39. The zero-order valence-corrected chi connectivity index (χ0v) is 9.13. The molecule has 0 fully saturated rings. The summed E-state index contributed by atoms with van der Waals surface area (Å²) in [5, 5.41) is 8.97. The second kappa shape index (κ2) is 4.96. The van der Waals surface area contributed by atoms with Gasteiger partial charge in [0.2, 0.25) is 0 Å². The number of aliphatic hydroxyl groups excluding tert-OH is 1. The van der Waals surface area contributed by atoms with Crippen molar-refractivity contribution in [2.24, 2.45) is 5.73 Å². The van der Waals surface area contributed by atoms with Gasteiger partial charge in [0.15, 0.2) is 0 Å². The van der Waals surface area contributed by atoms with Crippen LogP contribution in [0, 0.1) is 0 Å². The maximum atomic E-state index is 8.97. The highest BCUT2D eigenvalue weighted by Crippen LogP contribution is 2.19. The van der Waals surface area contributed by atoms with Crippen molar-refractivity contribution in [1.82, 2.24) is 0 Å². The van der Waals surface area contributed by atoms with Gasteiger partial charge in [-0.3, -0.25) is 0 Å². The van der Waals surface area contributed by atoms with E-state index in [1.54, 1.807) is 0 Å². The van der Waals surface area contributed by atoms with E-state index in [1.807, 2.05) is 24.3 Å². The van der Waals surface area contributed by atoms with Crippen LogP contribution in [0.25, 0.3) is 0 Å². The molecular formula is C13H16N2O. The Bertz CT molecular complexity index is 406. The normalized spacial score (nSPS) is 15.1. The molecule has 0 radical (unpaired) electrons. The fourth-order valence-electron chi connectivity index (χ4n) is 1.71. The average molecular weight is 216 g/mol. The highest BCUT2D eigenvalue weighted by atomic mass is 16.3. The maximum absolute atomic E-state index is 8.97. The van der Waals surface area contributed by atoms with Crippen molar-refractivity contribution in [3.63, 3.8) is 0 Å². The van der Waals surface area contributed by atoms with Crippen molar-refractivity contribution in [2.45, 2.75) is 6.61 Å². The molecule has 1 aromatic carbocycles. The van der Waals surface area contributed by atoms with Gasteiger partial charge in [0, 0.05) is 25.0 Å². The van der Waals surface area contributed by atoms with Gasteiger partial charge in [0.25, 0.3) is 0 Å². The molecule has 2 rings (SSSR count). The van der Waals surface area contributed by atoms with Crippen LogP contribution in [0.4, 0.5) is 5.69 Å². The zero-order valence-electron chi connectivity index (χ0n) is 9.13. The van der Waals surface area contributed by atoms with Crippen LogP contribution in [0.5, 0.6) is 0 Å². The summed E-state index contributed by atoms with van der Waals surface area (Å²) in [6, 6.07) is 7.89. The lowest BCUT2D eigenvalue weighted by atomic mass is 10.1. The average Bonchev–Trinajstić information content (AvgIpc) is 2.39. The predicted molar refractivity (Wildman–Crippen MR) is 66.0 cm³/mol. The fraction of sp³-hybridized carbons (Fsp3) is 0.231. The van der Waals surface area contributed by atoms with Crippen molar-refractivity contribution in [2.75, 3.05) is 18.0 Å². The van der Waals surface area contributed by atoms with Crippen LogP contribution in [-0.2, 0) is 6.61 Å². The quantitative estimate of drug-likeness (QED) is 0.803. The number of hydrogen-bond acceptors (Lipinski definition) is 3. The third kappa shape index (κ3) is 2.32. The summed E-state index contributed by atoms with van der Waals surface area (Å²) in [4.78, 5) is 2.14. The van der Waals surface area contributed by atoms with E-state index >= 15 is 0 Å². The highest BCUT2D eigenvalue weighted by molar-refractivity contribution is 5.53. The Labute approximate surface area is 95.5 Å². The van der Waals surface area contributed by atoms with Gasteiger partial charge in [-0.25, -0.2) is 0 Å². The molecule has 0 bridgehead atoms. The van der Waals surface area contributed by atoms with Gasteiger partial charge in [0.05, 0.1) is 6.61 Å². The molecule has 0 unspecified atom stereocenters. The second-order valence-electron chi connectivity index (χ2n) is 3.79. The van der Waals surface area contributed by atoms with Gasteiger partial charge < -0.3 is 15.7 Å². The van der Waals surface area contributed by atoms with Crippen LogP contribution in [0.15, 0.2) is 48.2 Å². The van der Waals surface area contributed by atoms with Gasteiger partial charge >= 0.3 is 0 Å². The number of nitrogens with two attached hydrogens (primary N) is 1. The topological polar surface area (TPSA) is 49.5 Å². The van der Waals surface area contributed by atoms with Crippen LogP contribution in [0.2, 0.25) is 0 Å². The van der Waals surface area contributed by atoms with E-state index in [0.29, 0.717) is 6.54 Å². The molecule has 0 saturated carbocycles. The molecule has 1 heterocycles.